The predicted octanol–water partition coefficient (Wildman–Crippen LogP) is 4.32. The molecule has 0 radical (unpaired) electrons. The zero-order chi connectivity index (χ0) is 19.1. The van der Waals surface area contributed by atoms with Crippen molar-refractivity contribution < 1.29 is 9.53 Å². The summed E-state index contributed by atoms with van der Waals surface area (Å²) in [5.41, 5.74) is 2.35. The fourth-order valence-electron chi connectivity index (χ4n) is 2.49. The van der Waals surface area contributed by atoms with Crippen LogP contribution in [0.1, 0.15) is 24.2 Å². The fourth-order valence-corrected chi connectivity index (χ4v) is 2.96. The maximum absolute atomic E-state index is 12.3. The van der Waals surface area contributed by atoms with Gasteiger partial charge in [-0.1, -0.05) is 11.6 Å². The third-order valence-corrected chi connectivity index (χ3v) is 4.39. The Morgan fingerprint density at radius 1 is 1.15 bits per heavy atom. The zero-order valence-corrected chi connectivity index (χ0v) is 16.6. The molecule has 5 nitrogen and oxygen atoms in total. The Kier molecular flexibility index (Phi) is 7.24. The second-order valence-corrected chi connectivity index (χ2v) is 6.29. The van der Waals surface area contributed by atoms with Crippen LogP contribution in [-0.2, 0) is 0 Å². The number of methoxy groups -OCH3 is 1. The molecule has 1 amide bonds. The van der Waals surface area contributed by atoms with E-state index in [1.165, 1.54) is 13.2 Å². The van der Waals surface area contributed by atoms with Gasteiger partial charge in [0.25, 0.3) is 5.91 Å². The summed E-state index contributed by atoms with van der Waals surface area (Å²) in [5, 5.41) is 6.23. The number of amides is 1. The summed E-state index contributed by atoms with van der Waals surface area (Å²) in [4.78, 5) is 14.5. The van der Waals surface area contributed by atoms with Crippen LogP contribution < -0.4 is 20.3 Å². The van der Waals surface area contributed by atoms with Gasteiger partial charge in [0.2, 0.25) is 0 Å². The number of benzene rings is 2. The van der Waals surface area contributed by atoms with Crippen LogP contribution in [0.3, 0.4) is 0 Å². The number of halogens is 1. The van der Waals surface area contributed by atoms with E-state index in [1.807, 2.05) is 24.3 Å². The van der Waals surface area contributed by atoms with Gasteiger partial charge in [0.05, 0.1) is 12.1 Å². The number of hydrogen-bond donors (Lipinski definition) is 2. The van der Waals surface area contributed by atoms with Crippen molar-refractivity contribution in [1.82, 2.24) is 5.32 Å². The highest BCUT2D eigenvalue weighted by Gasteiger charge is 2.11. The average molecular weight is 392 g/mol. The van der Waals surface area contributed by atoms with Crippen molar-refractivity contribution in [2.45, 2.75) is 13.8 Å². The summed E-state index contributed by atoms with van der Waals surface area (Å²) >= 11 is 11.3. The van der Waals surface area contributed by atoms with Crippen LogP contribution in [0.25, 0.3) is 0 Å². The van der Waals surface area contributed by atoms with Gasteiger partial charge in [0.15, 0.2) is 5.11 Å². The minimum atomic E-state index is -0.341. The van der Waals surface area contributed by atoms with E-state index in [-0.39, 0.29) is 11.0 Å². The maximum atomic E-state index is 12.3. The van der Waals surface area contributed by atoms with Gasteiger partial charge in [0, 0.05) is 30.0 Å². The summed E-state index contributed by atoms with van der Waals surface area (Å²) in [6.07, 6.45) is 0. The molecule has 0 heterocycles. The second-order valence-electron chi connectivity index (χ2n) is 5.48. The lowest BCUT2D eigenvalue weighted by Gasteiger charge is -2.21. The molecular formula is C19H22ClN3O2S. The molecule has 0 bridgehead atoms. The van der Waals surface area contributed by atoms with Gasteiger partial charge in [-0.2, -0.15) is 0 Å². The molecule has 0 aliphatic carbocycles. The summed E-state index contributed by atoms with van der Waals surface area (Å²) in [5.74, 6) is 0.170. The summed E-state index contributed by atoms with van der Waals surface area (Å²) in [6, 6.07) is 12.7. The van der Waals surface area contributed by atoms with Crippen molar-refractivity contribution in [3.05, 3.63) is 53.1 Å². The average Bonchev–Trinajstić information content (AvgIpc) is 2.63. The molecule has 2 aromatic carbocycles. The number of carbonyl (C=O) groups excluding carboxylic acids is 1. The van der Waals surface area contributed by atoms with E-state index in [2.05, 4.69) is 29.4 Å². The molecule has 0 aliphatic heterocycles. The molecule has 2 N–H and O–H groups in total. The van der Waals surface area contributed by atoms with Crippen LogP contribution in [0, 0.1) is 0 Å². The predicted molar refractivity (Wildman–Crippen MR) is 112 cm³/mol. The van der Waals surface area contributed by atoms with Gasteiger partial charge >= 0.3 is 0 Å². The van der Waals surface area contributed by atoms with Gasteiger partial charge < -0.3 is 15.0 Å². The first-order valence-electron chi connectivity index (χ1n) is 8.29. The van der Waals surface area contributed by atoms with Gasteiger partial charge in [-0.15, -0.1) is 0 Å². The largest absolute Gasteiger partial charge is 0.495 e. The van der Waals surface area contributed by atoms with Crippen LogP contribution in [0.15, 0.2) is 42.5 Å². The fraction of sp³-hybridized carbons (Fsp3) is 0.263. The topological polar surface area (TPSA) is 53.6 Å². The first kappa shape index (κ1) is 20.0. The third-order valence-electron chi connectivity index (χ3n) is 3.89. The van der Waals surface area contributed by atoms with E-state index >= 15 is 0 Å². The Morgan fingerprint density at radius 3 is 2.35 bits per heavy atom. The number of nitrogens with one attached hydrogen (secondary N) is 2. The number of nitrogens with zero attached hydrogens (tertiary/aromatic N) is 1. The molecule has 0 fully saturated rings. The van der Waals surface area contributed by atoms with E-state index < -0.39 is 0 Å². The first-order valence-corrected chi connectivity index (χ1v) is 9.08. The van der Waals surface area contributed by atoms with Crippen LogP contribution in [0.5, 0.6) is 5.75 Å². The van der Waals surface area contributed by atoms with E-state index in [4.69, 9.17) is 28.6 Å². The highest BCUT2D eigenvalue weighted by molar-refractivity contribution is 7.80. The maximum Gasteiger partial charge on any atom is 0.257 e. The van der Waals surface area contributed by atoms with Crippen LogP contribution in [0.4, 0.5) is 11.4 Å². The minimum Gasteiger partial charge on any atom is -0.495 e. The quantitative estimate of drug-likeness (QED) is 0.718. The first-order chi connectivity index (χ1) is 12.5. The van der Waals surface area contributed by atoms with Gasteiger partial charge in [-0.05, 0) is 68.5 Å². The minimum absolute atomic E-state index is 0.220. The Bertz CT molecular complexity index is 777. The summed E-state index contributed by atoms with van der Waals surface area (Å²) < 4.78 is 5.08. The Labute approximate surface area is 164 Å². The number of ether oxygens (including phenoxy) is 1. The van der Waals surface area contributed by atoms with Gasteiger partial charge in [-0.3, -0.25) is 10.1 Å². The van der Waals surface area contributed by atoms with E-state index in [9.17, 15) is 4.79 Å². The van der Waals surface area contributed by atoms with Crippen LogP contribution in [-0.4, -0.2) is 31.2 Å². The molecule has 2 aromatic rings. The van der Waals surface area contributed by atoms with Crippen molar-refractivity contribution in [3.8, 4) is 5.75 Å². The van der Waals surface area contributed by atoms with E-state index in [0.717, 1.165) is 24.5 Å². The lowest BCUT2D eigenvalue weighted by molar-refractivity contribution is 0.0977. The Hall–Kier alpha value is -2.31. The lowest BCUT2D eigenvalue weighted by atomic mass is 10.2. The molecule has 0 spiro atoms. The van der Waals surface area contributed by atoms with Crippen molar-refractivity contribution in [3.63, 3.8) is 0 Å². The van der Waals surface area contributed by atoms with Crippen LogP contribution >= 0.6 is 23.8 Å². The summed E-state index contributed by atoms with van der Waals surface area (Å²) in [6.45, 7) is 6.13. The molecular weight excluding hydrogens is 370 g/mol. The van der Waals surface area contributed by atoms with E-state index in [0.29, 0.717) is 16.3 Å². The van der Waals surface area contributed by atoms with Gasteiger partial charge in [-0.25, -0.2) is 0 Å². The highest BCUT2D eigenvalue weighted by Crippen LogP contribution is 2.24. The number of carbonyl (C=O) groups is 1. The molecule has 26 heavy (non-hydrogen) atoms. The zero-order valence-electron chi connectivity index (χ0n) is 15.0. The highest BCUT2D eigenvalue weighted by atomic mass is 35.5. The van der Waals surface area contributed by atoms with E-state index in [1.54, 1.807) is 12.1 Å². The molecule has 0 aromatic heterocycles. The Morgan fingerprint density at radius 2 is 1.81 bits per heavy atom. The van der Waals surface area contributed by atoms with Gasteiger partial charge in [0.1, 0.15) is 5.75 Å². The molecule has 7 heteroatoms. The second kappa shape index (κ2) is 9.40. The molecule has 2 rings (SSSR count). The molecule has 0 atom stereocenters. The number of anilines is 2. The number of rotatable bonds is 6. The van der Waals surface area contributed by atoms with Crippen molar-refractivity contribution in [2.75, 3.05) is 30.4 Å². The lowest BCUT2D eigenvalue weighted by Crippen LogP contribution is -2.34. The third kappa shape index (κ3) is 5.09. The SMILES string of the molecule is CCN(CC)c1ccc(NC(=S)NC(=O)c2ccc(OC)c(Cl)c2)cc1. The smallest absolute Gasteiger partial charge is 0.257 e. The molecule has 0 saturated carbocycles. The van der Waals surface area contributed by atoms with Crippen LogP contribution in [0.2, 0.25) is 5.02 Å². The molecule has 138 valence electrons. The monoisotopic (exact) mass is 391 g/mol. The number of hydrogen-bond acceptors (Lipinski definition) is 4. The Balaban J connectivity index is 1.97. The van der Waals surface area contributed by atoms with Crippen molar-refractivity contribution in [2.24, 2.45) is 0 Å². The van der Waals surface area contributed by atoms with Crippen molar-refractivity contribution >= 4 is 46.2 Å². The normalized spacial score (nSPS) is 10.2. The molecule has 0 aliphatic rings. The van der Waals surface area contributed by atoms with Crippen molar-refractivity contribution in [1.29, 1.82) is 0 Å². The standard InChI is InChI=1S/C19H22ClN3O2S/c1-4-23(5-2)15-9-7-14(8-10-15)21-19(26)22-18(24)13-6-11-17(25-3)16(20)12-13/h6-12H,4-5H2,1-3H3,(H2,21,22,24,26). The summed E-state index contributed by atoms with van der Waals surface area (Å²) in [7, 11) is 1.52. The molecule has 0 unspecified atom stereocenters. The molecule has 0 saturated heterocycles. The number of thiocarbonyl (C=S) groups is 1.